The molecular formula is C15H12ClFO. The molecule has 0 bridgehead atoms. The molecule has 1 nitrogen and oxygen atoms in total. The lowest BCUT2D eigenvalue weighted by atomic mass is 9.89. The summed E-state index contributed by atoms with van der Waals surface area (Å²) in [7, 11) is 0. The molecule has 92 valence electrons. The summed E-state index contributed by atoms with van der Waals surface area (Å²) in [5.41, 5.74) is -1.38. The van der Waals surface area contributed by atoms with E-state index in [0.29, 0.717) is 16.1 Å². The van der Waals surface area contributed by atoms with E-state index in [1.165, 1.54) is 19.1 Å². The number of ketones is 1. The Hall–Kier alpha value is -1.67. The smallest absolute Gasteiger partial charge is 0.204 e. The van der Waals surface area contributed by atoms with E-state index in [0.717, 1.165) is 0 Å². The van der Waals surface area contributed by atoms with Gasteiger partial charge in [0.25, 0.3) is 0 Å². The SMILES string of the molecule is CC(F)(C(=O)c1ccccc1)c1ccc(Cl)cc1. The van der Waals surface area contributed by atoms with Gasteiger partial charge < -0.3 is 0 Å². The van der Waals surface area contributed by atoms with Gasteiger partial charge in [-0.1, -0.05) is 54.1 Å². The first kappa shape index (κ1) is 12.8. The number of carbonyl (C=O) groups is 1. The molecule has 2 aromatic carbocycles. The van der Waals surface area contributed by atoms with E-state index >= 15 is 0 Å². The highest BCUT2D eigenvalue weighted by atomic mass is 35.5. The van der Waals surface area contributed by atoms with Gasteiger partial charge in [-0.3, -0.25) is 4.79 Å². The van der Waals surface area contributed by atoms with E-state index in [9.17, 15) is 9.18 Å². The maximum atomic E-state index is 14.6. The van der Waals surface area contributed by atoms with Gasteiger partial charge in [0.1, 0.15) is 0 Å². The summed E-state index contributed by atoms with van der Waals surface area (Å²) in [5.74, 6) is -0.551. The van der Waals surface area contributed by atoms with Crippen LogP contribution in [0, 0.1) is 0 Å². The summed E-state index contributed by atoms with van der Waals surface area (Å²) >= 11 is 5.75. The van der Waals surface area contributed by atoms with Gasteiger partial charge in [-0.05, 0) is 24.6 Å². The van der Waals surface area contributed by atoms with Crippen molar-refractivity contribution < 1.29 is 9.18 Å². The molecule has 18 heavy (non-hydrogen) atoms. The van der Waals surface area contributed by atoms with Crippen molar-refractivity contribution in [3.8, 4) is 0 Å². The number of alkyl halides is 1. The highest BCUT2D eigenvalue weighted by molar-refractivity contribution is 6.30. The van der Waals surface area contributed by atoms with E-state index in [2.05, 4.69) is 0 Å². The van der Waals surface area contributed by atoms with Crippen molar-refractivity contribution in [1.82, 2.24) is 0 Å². The Balaban J connectivity index is 2.37. The van der Waals surface area contributed by atoms with Gasteiger partial charge >= 0.3 is 0 Å². The molecule has 0 saturated heterocycles. The first-order valence-electron chi connectivity index (χ1n) is 5.56. The van der Waals surface area contributed by atoms with Gasteiger partial charge in [0, 0.05) is 10.6 Å². The van der Waals surface area contributed by atoms with E-state index in [-0.39, 0.29) is 0 Å². The third kappa shape index (κ3) is 2.44. The molecule has 2 rings (SSSR count). The molecule has 0 fully saturated rings. The van der Waals surface area contributed by atoms with Crippen LogP contribution in [0.4, 0.5) is 4.39 Å². The molecule has 1 unspecified atom stereocenters. The van der Waals surface area contributed by atoms with Crippen molar-refractivity contribution >= 4 is 17.4 Å². The molecular weight excluding hydrogens is 251 g/mol. The largest absolute Gasteiger partial charge is 0.290 e. The Bertz CT molecular complexity index is 546. The number of halogens is 2. The first-order chi connectivity index (χ1) is 8.51. The van der Waals surface area contributed by atoms with Crippen LogP contribution < -0.4 is 0 Å². The van der Waals surface area contributed by atoms with Crippen LogP contribution in [-0.4, -0.2) is 5.78 Å². The molecule has 0 spiro atoms. The molecule has 0 aliphatic rings. The Labute approximate surface area is 110 Å². The van der Waals surface area contributed by atoms with Gasteiger partial charge in [-0.2, -0.15) is 0 Å². The molecule has 0 amide bonds. The lowest BCUT2D eigenvalue weighted by Crippen LogP contribution is -2.27. The van der Waals surface area contributed by atoms with Gasteiger partial charge in [-0.15, -0.1) is 0 Å². The normalized spacial score (nSPS) is 13.9. The van der Waals surface area contributed by atoms with Crippen molar-refractivity contribution in [2.45, 2.75) is 12.6 Å². The van der Waals surface area contributed by atoms with Crippen molar-refractivity contribution in [2.24, 2.45) is 0 Å². The second kappa shape index (κ2) is 4.91. The second-order valence-corrected chi connectivity index (χ2v) is 4.64. The topological polar surface area (TPSA) is 17.1 Å². The van der Waals surface area contributed by atoms with Crippen LogP contribution in [0.5, 0.6) is 0 Å². The maximum absolute atomic E-state index is 14.6. The lowest BCUT2D eigenvalue weighted by molar-refractivity contribution is 0.0720. The minimum Gasteiger partial charge on any atom is -0.290 e. The standard InChI is InChI=1S/C15H12ClFO/c1-15(17,12-7-9-13(16)10-8-12)14(18)11-5-3-2-4-6-11/h2-10H,1H3. The van der Waals surface area contributed by atoms with Crippen LogP contribution in [0.2, 0.25) is 5.02 Å². The molecule has 3 heteroatoms. The average Bonchev–Trinajstić information content (AvgIpc) is 2.39. The van der Waals surface area contributed by atoms with E-state index in [4.69, 9.17) is 11.6 Å². The highest BCUT2D eigenvalue weighted by Crippen LogP contribution is 2.30. The second-order valence-electron chi connectivity index (χ2n) is 4.21. The molecule has 2 aromatic rings. The molecule has 0 N–H and O–H groups in total. The summed E-state index contributed by atoms with van der Waals surface area (Å²) < 4.78 is 14.6. The quantitative estimate of drug-likeness (QED) is 0.749. The van der Waals surface area contributed by atoms with Crippen LogP contribution in [0.25, 0.3) is 0 Å². The maximum Gasteiger partial charge on any atom is 0.204 e. The predicted molar refractivity (Wildman–Crippen MR) is 70.7 cm³/mol. The number of Topliss-reactive ketones (excluding diaryl/α,β-unsaturated/α-hetero) is 1. The first-order valence-corrected chi connectivity index (χ1v) is 5.94. The Morgan fingerprint density at radius 1 is 1.06 bits per heavy atom. The molecule has 0 aromatic heterocycles. The summed E-state index contributed by atoms with van der Waals surface area (Å²) in [4.78, 5) is 12.1. The van der Waals surface area contributed by atoms with E-state index in [1.54, 1.807) is 42.5 Å². The Morgan fingerprint density at radius 2 is 1.61 bits per heavy atom. The fourth-order valence-electron chi connectivity index (χ4n) is 1.75. The fourth-order valence-corrected chi connectivity index (χ4v) is 1.88. The fraction of sp³-hybridized carbons (Fsp3) is 0.133. The van der Waals surface area contributed by atoms with Crippen molar-refractivity contribution in [2.75, 3.05) is 0 Å². The lowest BCUT2D eigenvalue weighted by Gasteiger charge is -2.19. The molecule has 0 radical (unpaired) electrons. The van der Waals surface area contributed by atoms with Crippen LogP contribution in [0.3, 0.4) is 0 Å². The zero-order chi connectivity index (χ0) is 13.2. The summed E-state index contributed by atoms with van der Waals surface area (Å²) in [6.07, 6.45) is 0. The Kier molecular flexibility index (Phi) is 3.48. The molecule has 0 aliphatic heterocycles. The average molecular weight is 263 g/mol. The highest BCUT2D eigenvalue weighted by Gasteiger charge is 2.35. The molecule has 0 aliphatic carbocycles. The van der Waals surface area contributed by atoms with Gasteiger partial charge in [0.2, 0.25) is 5.78 Å². The Morgan fingerprint density at radius 3 is 2.17 bits per heavy atom. The van der Waals surface area contributed by atoms with E-state index in [1.807, 2.05) is 0 Å². The van der Waals surface area contributed by atoms with Crippen molar-refractivity contribution in [3.05, 3.63) is 70.7 Å². The molecule has 0 saturated carbocycles. The zero-order valence-electron chi connectivity index (χ0n) is 9.86. The predicted octanol–water partition coefficient (Wildman–Crippen LogP) is 4.41. The van der Waals surface area contributed by atoms with Crippen LogP contribution in [0.1, 0.15) is 22.8 Å². The number of hydrogen-bond donors (Lipinski definition) is 0. The zero-order valence-corrected chi connectivity index (χ0v) is 10.6. The number of rotatable bonds is 3. The van der Waals surface area contributed by atoms with Crippen LogP contribution >= 0.6 is 11.6 Å². The third-order valence-corrected chi connectivity index (χ3v) is 3.10. The van der Waals surface area contributed by atoms with E-state index < -0.39 is 11.5 Å². The third-order valence-electron chi connectivity index (χ3n) is 2.85. The van der Waals surface area contributed by atoms with Crippen LogP contribution in [-0.2, 0) is 5.67 Å². The van der Waals surface area contributed by atoms with Crippen LogP contribution in [0.15, 0.2) is 54.6 Å². The van der Waals surface area contributed by atoms with Gasteiger partial charge in [0.15, 0.2) is 5.67 Å². The number of benzene rings is 2. The van der Waals surface area contributed by atoms with Crippen molar-refractivity contribution in [3.63, 3.8) is 0 Å². The van der Waals surface area contributed by atoms with Crippen molar-refractivity contribution in [1.29, 1.82) is 0 Å². The van der Waals surface area contributed by atoms with Gasteiger partial charge in [-0.25, -0.2) is 4.39 Å². The minimum absolute atomic E-state index is 0.306. The number of hydrogen-bond acceptors (Lipinski definition) is 1. The minimum atomic E-state index is -2.05. The summed E-state index contributed by atoms with van der Waals surface area (Å²) in [5, 5.41) is 0.515. The molecule has 1 atom stereocenters. The monoisotopic (exact) mass is 262 g/mol. The summed E-state index contributed by atoms with van der Waals surface area (Å²) in [6.45, 7) is 1.27. The number of carbonyl (C=O) groups excluding carboxylic acids is 1. The summed E-state index contributed by atoms with van der Waals surface area (Å²) in [6, 6.07) is 14.6. The molecule has 0 heterocycles. The van der Waals surface area contributed by atoms with Gasteiger partial charge in [0.05, 0.1) is 0 Å².